The summed E-state index contributed by atoms with van der Waals surface area (Å²) in [7, 11) is 0. The Kier molecular flexibility index (Phi) is 6.66. The van der Waals surface area contributed by atoms with Crippen molar-refractivity contribution in [1.82, 2.24) is 19.1 Å². The maximum atomic E-state index is 14.1. The van der Waals surface area contributed by atoms with Gasteiger partial charge in [-0.1, -0.05) is 35.9 Å². The molecule has 0 N–H and O–H groups in total. The molecule has 1 saturated heterocycles. The van der Waals surface area contributed by atoms with Crippen LogP contribution >= 0.6 is 11.6 Å². The Balaban J connectivity index is 1.22. The van der Waals surface area contributed by atoms with Gasteiger partial charge in [0, 0.05) is 41.1 Å². The lowest BCUT2D eigenvalue weighted by molar-refractivity contribution is -0.0590. The van der Waals surface area contributed by atoms with Crippen LogP contribution in [0, 0.1) is 5.82 Å². The number of rotatable bonds is 8. The fourth-order valence-corrected chi connectivity index (χ4v) is 4.64. The molecular weight excluding hydrogens is 507 g/mol. The maximum absolute atomic E-state index is 14.1. The average molecular weight is 531 g/mol. The van der Waals surface area contributed by atoms with Gasteiger partial charge in [0.2, 0.25) is 5.88 Å². The monoisotopic (exact) mass is 530 g/mol. The average Bonchev–Trinajstić information content (AvgIpc) is 3.24. The summed E-state index contributed by atoms with van der Waals surface area (Å²) in [5.41, 5.74) is 3.37. The van der Waals surface area contributed by atoms with Crippen molar-refractivity contribution in [2.75, 3.05) is 6.61 Å². The zero-order chi connectivity index (χ0) is 26.1. The highest BCUT2D eigenvalue weighted by Gasteiger charge is 2.22. The van der Waals surface area contributed by atoms with Gasteiger partial charge in [-0.05, 0) is 42.8 Å². The van der Waals surface area contributed by atoms with E-state index in [0.717, 1.165) is 29.9 Å². The number of hydrogen-bond donors (Lipinski definition) is 0. The topological polar surface area (TPSA) is 71.2 Å². The molecule has 1 unspecified atom stereocenters. The number of hydrogen-bond acceptors (Lipinski definition) is 5. The molecule has 0 bridgehead atoms. The lowest BCUT2D eigenvalue weighted by Gasteiger charge is -2.27. The van der Waals surface area contributed by atoms with E-state index in [4.69, 9.17) is 26.1 Å². The van der Waals surface area contributed by atoms with Crippen LogP contribution < -0.4 is 10.3 Å². The molecule has 1 atom stereocenters. The van der Waals surface area contributed by atoms with Crippen LogP contribution in [0.2, 0.25) is 5.02 Å². The highest BCUT2D eigenvalue weighted by Crippen LogP contribution is 2.23. The summed E-state index contributed by atoms with van der Waals surface area (Å²) in [4.78, 5) is 22.4. The van der Waals surface area contributed by atoms with Crippen molar-refractivity contribution in [1.29, 1.82) is 0 Å². The molecule has 4 heterocycles. The molecule has 1 aliphatic rings. The molecule has 0 aliphatic carbocycles. The van der Waals surface area contributed by atoms with Crippen molar-refractivity contribution in [3.05, 3.63) is 112 Å². The summed E-state index contributed by atoms with van der Waals surface area (Å²) in [6.07, 6.45) is 2.94. The molecule has 5 aromatic rings. The SMILES string of the molecule is O=c1cc(-c2cccc(OCc3ccc(Cl)cc3F)n2)ccn1Cc1nc2ccccc2n1CC1CCO1. The third kappa shape index (κ3) is 5.05. The Bertz CT molecular complexity index is 1680. The standard InChI is InChI=1S/C29H24ClFN4O3/c30-21-9-8-20(23(31)15-21)18-38-28-7-3-5-24(33-28)19-10-12-34(29(36)14-19)17-27-32-25-4-1-2-6-26(25)35(27)16-22-11-13-37-22/h1-10,12,14-15,22H,11,13,16-18H2. The van der Waals surface area contributed by atoms with Gasteiger partial charge in [-0.3, -0.25) is 4.79 Å². The number of benzene rings is 2. The van der Waals surface area contributed by atoms with Crippen LogP contribution in [0.3, 0.4) is 0 Å². The lowest BCUT2D eigenvalue weighted by atomic mass is 10.2. The second-order valence-electron chi connectivity index (χ2n) is 9.18. The van der Waals surface area contributed by atoms with Gasteiger partial charge in [-0.15, -0.1) is 0 Å². The third-order valence-electron chi connectivity index (χ3n) is 6.63. The molecule has 1 aliphatic heterocycles. The van der Waals surface area contributed by atoms with E-state index in [9.17, 15) is 9.18 Å². The number of nitrogens with zero attached hydrogens (tertiary/aromatic N) is 4. The molecule has 0 amide bonds. The molecule has 2 aromatic carbocycles. The van der Waals surface area contributed by atoms with E-state index in [2.05, 4.69) is 9.55 Å². The number of halogens is 2. The number of para-hydroxylation sites is 2. The van der Waals surface area contributed by atoms with Crippen LogP contribution in [0.25, 0.3) is 22.3 Å². The van der Waals surface area contributed by atoms with Gasteiger partial charge in [0.05, 0.1) is 35.9 Å². The van der Waals surface area contributed by atoms with Crippen molar-refractivity contribution in [2.45, 2.75) is 32.2 Å². The van der Waals surface area contributed by atoms with Crippen LogP contribution in [-0.4, -0.2) is 31.8 Å². The van der Waals surface area contributed by atoms with Gasteiger partial charge in [-0.2, -0.15) is 0 Å². The normalized spacial score (nSPS) is 14.9. The molecule has 192 valence electrons. The van der Waals surface area contributed by atoms with Crippen LogP contribution in [-0.2, 0) is 24.4 Å². The Morgan fingerprint density at radius 2 is 1.92 bits per heavy atom. The van der Waals surface area contributed by atoms with E-state index >= 15 is 0 Å². The van der Waals surface area contributed by atoms with E-state index in [-0.39, 0.29) is 18.3 Å². The fraction of sp³-hybridized carbons (Fsp3) is 0.207. The first-order chi connectivity index (χ1) is 18.5. The summed E-state index contributed by atoms with van der Waals surface area (Å²) < 4.78 is 29.2. The number of pyridine rings is 2. The van der Waals surface area contributed by atoms with Crippen molar-refractivity contribution >= 4 is 22.6 Å². The van der Waals surface area contributed by atoms with Gasteiger partial charge >= 0.3 is 0 Å². The molecule has 38 heavy (non-hydrogen) atoms. The Hall–Kier alpha value is -4.01. The first kappa shape index (κ1) is 24.3. The summed E-state index contributed by atoms with van der Waals surface area (Å²) >= 11 is 5.82. The molecule has 9 heteroatoms. The lowest BCUT2D eigenvalue weighted by Crippen LogP contribution is -2.32. The predicted molar refractivity (Wildman–Crippen MR) is 143 cm³/mol. The van der Waals surface area contributed by atoms with Crippen LogP contribution in [0.15, 0.2) is 83.8 Å². The summed E-state index contributed by atoms with van der Waals surface area (Å²) in [5.74, 6) is 0.693. The van der Waals surface area contributed by atoms with Gasteiger partial charge in [0.1, 0.15) is 18.2 Å². The molecule has 6 rings (SSSR count). The third-order valence-corrected chi connectivity index (χ3v) is 6.87. The second-order valence-corrected chi connectivity index (χ2v) is 9.61. The minimum Gasteiger partial charge on any atom is -0.473 e. The summed E-state index contributed by atoms with van der Waals surface area (Å²) in [6.45, 7) is 1.84. The number of aromatic nitrogens is 4. The predicted octanol–water partition coefficient (Wildman–Crippen LogP) is 5.47. The second kappa shape index (κ2) is 10.4. The van der Waals surface area contributed by atoms with Crippen LogP contribution in [0.5, 0.6) is 5.88 Å². The fourth-order valence-electron chi connectivity index (χ4n) is 4.48. The molecule has 0 saturated carbocycles. The van der Waals surface area contributed by atoms with Crippen molar-refractivity contribution in [3.63, 3.8) is 0 Å². The van der Waals surface area contributed by atoms with Crippen LogP contribution in [0.4, 0.5) is 4.39 Å². The van der Waals surface area contributed by atoms with Gasteiger partial charge in [0.25, 0.3) is 5.56 Å². The van der Waals surface area contributed by atoms with Gasteiger partial charge < -0.3 is 18.6 Å². The van der Waals surface area contributed by atoms with E-state index in [0.29, 0.717) is 40.8 Å². The van der Waals surface area contributed by atoms with Crippen molar-refractivity contribution < 1.29 is 13.9 Å². The molecule has 7 nitrogen and oxygen atoms in total. The Morgan fingerprint density at radius 3 is 2.71 bits per heavy atom. The quantitative estimate of drug-likeness (QED) is 0.266. The molecule has 3 aromatic heterocycles. The van der Waals surface area contributed by atoms with Gasteiger partial charge in [0.15, 0.2) is 0 Å². The van der Waals surface area contributed by atoms with E-state index in [1.165, 1.54) is 6.07 Å². The van der Waals surface area contributed by atoms with Crippen LogP contribution in [0.1, 0.15) is 17.8 Å². The van der Waals surface area contributed by atoms with Crippen molar-refractivity contribution in [2.24, 2.45) is 0 Å². The Labute approximate surface area is 223 Å². The highest BCUT2D eigenvalue weighted by molar-refractivity contribution is 6.30. The summed E-state index contributed by atoms with van der Waals surface area (Å²) in [5, 5.41) is 0.325. The number of imidazole rings is 1. The summed E-state index contributed by atoms with van der Waals surface area (Å²) in [6, 6.07) is 21.1. The molecular formula is C29H24ClFN4O3. The van der Waals surface area contributed by atoms with E-state index < -0.39 is 5.82 Å². The minimum absolute atomic E-state index is 0.00789. The van der Waals surface area contributed by atoms with Gasteiger partial charge in [-0.25, -0.2) is 14.4 Å². The minimum atomic E-state index is -0.439. The maximum Gasteiger partial charge on any atom is 0.251 e. The smallest absolute Gasteiger partial charge is 0.251 e. The van der Waals surface area contributed by atoms with E-state index in [1.54, 1.807) is 47.2 Å². The highest BCUT2D eigenvalue weighted by atomic mass is 35.5. The van der Waals surface area contributed by atoms with Crippen molar-refractivity contribution in [3.8, 4) is 17.1 Å². The largest absolute Gasteiger partial charge is 0.473 e. The number of fused-ring (bicyclic) bond motifs is 1. The first-order valence-electron chi connectivity index (χ1n) is 12.3. The number of ether oxygens (including phenoxy) is 2. The zero-order valence-corrected chi connectivity index (χ0v) is 21.1. The zero-order valence-electron chi connectivity index (χ0n) is 20.4. The molecule has 0 spiro atoms. The van der Waals surface area contributed by atoms with E-state index in [1.807, 2.05) is 30.3 Å². The first-order valence-corrected chi connectivity index (χ1v) is 12.7. The Morgan fingerprint density at radius 1 is 1.05 bits per heavy atom. The molecule has 0 radical (unpaired) electrons. The molecule has 1 fully saturated rings.